The van der Waals surface area contributed by atoms with Crippen LogP contribution in [0.5, 0.6) is 0 Å². The molecule has 0 radical (unpaired) electrons. The number of anilines is 2. The molecule has 0 aromatic heterocycles. The fraction of sp³-hybridized carbons (Fsp3) is 0.364. The molecular formula is C22H25ClFN3O2. The van der Waals surface area contributed by atoms with E-state index in [2.05, 4.69) is 10.6 Å². The maximum absolute atomic E-state index is 13.7. The predicted molar refractivity (Wildman–Crippen MR) is 114 cm³/mol. The molecule has 3 amide bonds. The van der Waals surface area contributed by atoms with Crippen LogP contribution in [0.25, 0.3) is 0 Å². The molecule has 1 saturated heterocycles. The summed E-state index contributed by atoms with van der Waals surface area (Å²) in [7, 11) is 0. The van der Waals surface area contributed by atoms with Gasteiger partial charge in [0.1, 0.15) is 5.82 Å². The van der Waals surface area contributed by atoms with Crippen molar-refractivity contribution in [1.29, 1.82) is 0 Å². The Kier molecular flexibility index (Phi) is 6.75. The van der Waals surface area contributed by atoms with Crippen LogP contribution in [0.2, 0.25) is 5.02 Å². The number of amides is 3. The molecule has 0 spiro atoms. The maximum atomic E-state index is 13.7. The first-order valence-corrected chi connectivity index (χ1v) is 10.1. The first-order chi connectivity index (χ1) is 13.8. The molecular weight excluding hydrogens is 393 g/mol. The number of nitrogens with zero attached hydrogens (tertiary/aromatic N) is 1. The molecule has 2 N–H and O–H groups in total. The van der Waals surface area contributed by atoms with Crippen molar-refractivity contribution in [2.45, 2.75) is 26.7 Å². The van der Waals surface area contributed by atoms with Crippen LogP contribution in [0, 0.1) is 24.6 Å². The van der Waals surface area contributed by atoms with Crippen LogP contribution in [-0.4, -0.2) is 29.9 Å². The van der Waals surface area contributed by atoms with E-state index in [1.807, 2.05) is 6.92 Å². The molecule has 1 fully saturated rings. The number of hydrogen-bond acceptors (Lipinski definition) is 2. The molecule has 1 unspecified atom stereocenters. The van der Waals surface area contributed by atoms with Crippen molar-refractivity contribution in [1.82, 2.24) is 4.90 Å². The third-order valence-corrected chi connectivity index (χ3v) is 5.82. The van der Waals surface area contributed by atoms with Gasteiger partial charge in [-0.15, -0.1) is 0 Å². The minimum atomic E-state index is -0.338. The lowest BCUT2D eigenvalue weighted by Gasteiger charge is -2.34. The Morgan fingerprint density at radius 3 is 2.41 bits per heavy atom. The van der Waals surface area contributed by atoms with Gasteiger partial charge >= 0.3 is 6.03 Å². The van der Waals surface area contributed by atoms with Gasteiger partial charge in [0.15, 0.2) is 0 Å². The van der Waals surface area contributed by atoms with E-state index >= 15 is 0 Å². The van der Waals surface area contributed by atoms with E-state index < -0.39 is 0 Å². The summed E-state index contributed by atoms with van der Waals surface area (Å²) in [4.78, 5) is 26.8. The lowest BCUT2D eigenvalue weighted by molar-refractivity contribution is -0.121. The third kappa shape index (κ3) is 5.26. The standard InChI is InChI=1S/C22H25ClFN3O2/c1-14(21(28)26-20-5-3-4-19(24)15(20)2)16-10-12-27(13-11-16)22(29)25-18-8-6-17(23)7-9-18/h3-9,14,16H,10-13H2,1-2H3,(H,25,29)(H,26,28). The summed E-state index contributed by atoms with van der Waals surface area (Å²) in [5.74, 6) is -0.513. The highest BCUT2D eigenvalue weighted by molar-refractivity contribution is 6.30. The second-order valence-corrected chi connectivity index (χ2v) is 7.89. The number of carbonyl (C=O) groups is 2. The zero-order valence-corrected chi connectivity index (χ0v) is 17.3. The summed E-state index contributed by atoms with van der Waals surface area (Å²) >= 11 is 5.86. The van der Waals surface area contributed by atoms with E-state index in [0.717, 1.165) is 12.8 Å². The zero-order chi connectivity index (χ0) is 21.0. The minimum Gasteiger partial charge on any atom is -0.326 e. The largest absolute Gasteiger partial charge is 0.326 e. The number of halogens is 2. The highest BCUT2D eigenvalue weighted by Gasteiger charge is 2.30. The Morgan fingerprint density at radius 2 is 1.76 bits per heavy atom. The van der Waals surface area contributed by atoms with Gasteiger partial charge < -0.3 is 15.5 Å². The van der Waals surface area contributed by atoms with Gasteiger partial charge in [0, 0.05) is 41.0 Å². The van der Waals surface area contributed by atoms with Gasteiger partial charge in [-0.05, 0) is 62.1 Å². The average molecular weight is 418 g/mol. The van der Waals surface area contributed by atoms with Gasteiger partial charge in [0.25, 0.3) is 0 Å². The van der Waals surface area contributed by atoms with Crippen molar-refractivity contribution in [2.75, 3.05) is 23.7 Å². The van der Waals surface area contributed by atoms with E-state index in [9.17, 15) is 14.0 Å². The number of benzene rings is 2. The van der Waals surface area contributed by atoms with Crippen molar-refractivity contribution in [3.8, 4) is 0 Å². The van der Waals surface area contributed by atoms with Gasteiger partial charge in [-0.25, -0.2) is 9.18 Å². The number of hydrogen-bond donors (Lipinski definition) is 2. The van der Waals surface area contributed by atoms with Crippen molar-refractivity contribution in [3.05, 3.63) is 58.9 Å². The molecule has 7 heteroatoms. The van der Waals surface area contributed by atoms with Gasteiger partial charge in [0.2, 0.25) is 5.91 Å². The molecule has 0 bridgehead atoms. The van der Waals surface area contributed by atoms with Crippen molar-refractivity contribution >= 4 is 34.9 Å². The lowest BCUT2D eigenvalue weighted by Crippen LogP contribution is -2.43. The monoisotopic (exact) mass is 417 g/mol. The van der Waals surface area contributed by atoms with Gasteiger partial charge in [0.05, 0.1) is 0 Å². The molecule has 1 atom stereocenters. The summed E-state index contributed by atoms with van der Waals surface area (Å²) in [5, 5.41) is 6.32. The fourth-order valence-corrected chi connectivity index (χ4v) is 3.67. The van der Waals surface area contributed by atoms with Crippen molar-refractivity contribution in [3.63, 3.8) is 0 Å². The van der Waals surface area contributed by atoms with Crippen LogP contribution in [0.3, 0.4) is 0 Å². The minimum absolute atomic E-state index is 0.122. The second-order valence-electron chi connectivity index (χ2n) is 7.45. The quantitative estimate of drug-likeness (QED) is 0.708. The van der Waals surface area contributed by atoms with Crippen molar-refractivity contribution < 1.29 is 14.0 Å². The van der Waals surface area contributed by atoms with E-state index in [0.29, 0.717) is 35.1 Å². The first kappa shape index (κ1) is 21.1. The SMILES string of the molecule is Cc1c(F)cccc1NC(=O)C(C)C1CCN(C(=O)Nc2ccc(Cl)cc2)CC1. The Hall–Kier alpha value is -2.60. The van der Waals surface area contributed by atoms with Crippen LogP contribution in [0.15, 0.2) is 42.5 Å². The summed E-state index contributed by atoms with van der Waals surface area (Å²) < 4.78 is 13.7. The third-order valence-electron chi connectivity index (χ3n) is 5.57. The maximum Gasteiger partial charge on any atom is 0.321 e. The Balaban J connectivity index is 1.51. The highest BCUT2D eigenvalue weighted by Crippen LogP contribution is 2.27. The van der Waals surface area contributed by atoms with Crippen molar-refractivity contribution in [2.24, 2.45) is 11.8 Å². The van der Waals surface area contributed by atoms with Crippen LogP contribution >= 0.6 is 11.6 Å². The van der Waals surface area contributed by atoms with E-state index in [-0.39, 0.29) is 29.6 Å². The van der Waals surface area contributed by atoms with E-state index in [1.165, 1.54) is 6.07 Å². The predicted octanol–water partition coefficient (Wildman–Crippen LogP) is 5.31. The average Bonchev–Trinajstić information content (AvgIpc) is 2.72. The normalized spacial score (nSPS) is 15.7. The summed E-state index contributed by atoms with van der Waals surface area (Å²) in [6, 6.07) is 11.5. The zero-order valence-electron chi connectivity index (χ0n) is 16.5. The van der Waals surface area contributed by atoms with Gasteiger partial charge in [-0.2, -0.15) is 0 Å². The number of rotatable bonds is 4. The highest BCUT2D eigenvalue weighted by atomic mass is 35.5. The molecule has 1 aliphatic heterocycles. The Bertz CT molecular complexity index is 880. The molecule has 0 aliphatic carbocycles. The molecule has 1 heterocycles. The summed E-state index contributed by atoms with van der Waals surface area (Å²) in [6.07, 6.45) is 1.48. The smallest absolute Gasteiger partial charge is 0.321 e. The van der Waals surface area contributed by atoms with Crippen LogP contribution in [0.1, 0.15) is 25.3 Å². The molecule has 3 rings (SSSR count). The molecule has 29 heavy (non-hydrogen) atoms. The molecule has 154 valence electrons. The molecule has 5 nitrogen and oxygen atoms in total. The van der Waals surface area contributed by atoms with E-state index in [4.69, 9.17) is 11.6 Å². The molecule has 0 saturated carbocycles. The number of piperidine rings is 1. The molecule has 1 aliphatic rings. The number of carbonyl (C=O) groups excluding carboxylic acids is 2. The van der Waals surface area contributed by atoms with Gasteiger partial charge in [-0.1, -0.05) is 24.6 Å². The number of urea groups is 1. The molecule has 2 aromatic carbocycles. The Morgan fingerprint density at radius 1 is 1.10 bits per heavy atom. The summed E-state index contributed by atoms with van der Waals surface area (Å²) in [5.41, 5.74) is 1.63. The van der Waals surface area contributed by atoms with Crippen LogP contribution < -0.4 is 10.6 Å². The topological polar surface area (TPSA) is 61.4 Å². The van der Waals surface area contributed by atoms with Crippen LogP contribution in [0.4, 0.5) is 20.6 Å². The number of likely N-dealkylation sites (tertiary alicyclic amines) is 1. The fourth-order valence-electron chi connectivity index (χ4n) is 3.54. The lowest BCUT2D eigenvalue weighted by atomic mass is 9.85. The first-order valence-electron chi connectivity index (χ1n) is 9.72. The Labute approximate surface area is 175 Å². The number of nitrogens with one attached hydrogen (secondary N) is 2. The van der Waals surface area contributed by atoms with Gasteiger partial charge in [-0.3, -0.25) is 4.79 Å². The second kappa shape index (κ2) is 9.27. The summed E-state index contributed by atoms with van der Waals surface area (Å²) in [6.45, 7) is 4.70. The molecule has 2 aromatic rings. The van der Waals surface area contributed by atoms with Crippen LogP contribution in [-0.2, 0) is 4.79 Å². The van der Waals surface area contributed by atoms with E-state index in [1.54, 1.807) is 48.2 Å².